The molecule has 0 N–H and O–H groups in total. The summed E-state index contributed by atoms with van der Waals surface area (Å²) in [6.07, 6.45) is 0.610. The molecule has 5 nitrogen and oxygen atoms in total. The number of halogens is 1. The van der Waals surface area contributed by atoms with Crippen molar-refractivity contribution >= 4 is 22.7 Å². The lowest BCUT2D eigenvalue weighted by molar-refractivity contribution is 0.392. The molecule has 29 heavy (non-hydrogen) atoms. The quantitative estimate of drug-likeness (QED) is 0.342. The molecule has 0 atom stereocenters. The number of rotatable bonds is 6. The minimum Gasteiger partial charge on any atom is -0.361 e. The van der Waals surface area contributed by atoms with Crippen LogP contribution in [0.1, 0.15) is 22.6 Å². The SMILES string of the molecule is Cc1noc(C)c1CSc1nc2ccccc2c(=O)n1CCc1ccc(F)cc1. The van der Waals surface area contributed by atoms with Gasteiger partial charge in [0.15, 0.2) is 5.16 Å². The first-order valence-corrected chi connectivity index (χ1v) is 10.3. The normalized spacial score (nSPS) is 11.3. The summed E-state index contributed by atoms with van der Waals surface area (Å²) < 4.78 is 20.1. The molecule has 0 aliphatic carbocycles. The van der Waals surface area contributed by atoms with Gasteiger partial charge >= 0.3 is 0 Å². The summed E-state index contributed by atoms with van der Waals surface area (Å²) in [6, 6.07) is 13.7. The second kappa shape index (κ2) is 8.21. The van der Waals surface area contributed by atoms with Crippen LogP contribution in [0, 0.1) is 19.7 Å². The van der Waals surface area contributed by atoms with Crippen molar-refractivity contribution in [1.82, 2.24) is 14.7 Å². The molecule has 7 heteroatoms. The van der Waals surface area contributed by atoms with Gasteiger partial charge in [-0.25, -0.2) is 9.37 Å². The summed E-state index contributed by atoms with van der Waals surface area (Å²) in [4.78, 5) is 17.9. The third-order valence-electron chi connectivity index (χ3n) is 4.89. The van der Waals surface area contributed by atoms with Gasteiger partial charge in [-0.1, -0.05) is 41.2 Å². The summed E-state index contributed by atoms with van der Waals surface area (Å²) in [5, 5.41) is 5.23. The van der Waals surface area contributed by atoms with Crippen LogP contribution in [0.5, 0.6) is 0 Å². The van der Waals surface area contributed by atoms with E-state index < -0.39 is 0 Å². The largest absolute Gasteiger partial charge is 0.361 e. The van der Waals surface area contributed by atoms with E-state index in [9.17, 15) is 9.18 Å². The molecule has 0 aliphatic heterocycles. The van der Waals surface area contributed by atoms with E-state index in [2.05, 4.69) is 5.16 Å². The summed E-state index contributed by atoms with van der Waals surface area (Å²) in [5.74, 6) is 1.12. The highest BCUT2D eigenvalue weighted by molar-refractivity contribution is 7.98. The van der Waals surface area contributed by atoms with Gasteiger partial charge in [0.05, 0.1) is 16.6 Å². The van der Waals surface area contributed by atoms with Gasteiger partial charge < -0.3 is 4.52 Å². The number of thioether (sulfide) groups is 1. The first-order chi connectivity index (χ1) is 14.0. The Balaban J connectivity index is 1.68. The number of benzene rings is 2. The van der Waals surface area contributed by atoms with Crippen LogP contribution in [0.15, 0.2) is 63.0 Å². The van der Waals surface area contributed by atoms with Gasteiger partial charge in [-0.15, -0.1) is 0 Å². The Morgan fingerprint density at radius 1 is 1.10 bits per heavy atom. The van der Waals surface area contributed by atoms with Crippen LogP contribution < -0.4 is 5.56 Å². The Morgan fingerprint density at radius 2 is 1.86 bits per heavy atom. The molecule has 0 aliphatic rings. The lowest BCUT2D eigenvalue weighted by atomic mass is 10.1. The molecule has 4 rings (SSSR count). The molecule has 0 fully saturated rings. The van der Waals surface area contributed by atoms with E-state index in [1.807, 2.05) is 32.0 Å². The molecule has 0 saturated heterocycles. The summed E-state index contributed by atoms with van der Waals surface area (Å²) in [7, 11) is 0. The molecule has 2 aromatic carbocycles. The van der Waals surface area contributed by atoms with Crippen molar-refractivity contribution in [2.45, 2.75) is 37.7 Å². The lowest BCUT2D eigenvalue weighted by Crippen LogP contribution is -2.24. The number of hydrogen-bond donors (Lipinski definition) is 0. The maximum Gasteiger partial charge on any atom is 0.262 e. The number of hydrogen-bond acceptors (Lipinski definition) is 5. The third kappa shape index (κ3) is 4.10. The van der Waals surface area contributed by atoms with Crippen LogP contribution in [0.2, 0.25) is 0 Å². The highest BCUT2D eigenvalue weighted by Gasteiger charge is 2.15. The Bertz CT molecular complexity index is 1200. The monoisotopic (exact) mass is 409 g/mol. The van der Waals surface area contributed by atoms with Crippen molar-refractivity contribution in [3.05, 3.63) is 87.3 Å². The fraction of sp³-hybridized carbons (Fsp3) is 0.227. The van der Waals surface area contributed by atoms with E-state index in [-0.39, 0.29) is 11.4 Å². The molecule has 2 aromatic heterocycles. The van der Waals surface area contributed by atoms with Gasteiger partial charge in [-0.2, -0.15) is 0 Å². The molecule has 4 aromatic rings. The molecule has 0 amide bonds. The molecule has 148 valence electrons. The number of aryl methyl sites for hydroxylation is 3. The van der Waals surface area contributed by atoms with Crippen LogP contribution in [0.3, 0.4) is 0 Å². The van der Waals surface area contributed by atoms with Crippen LogP contribution >= 0.6 is 11.8 Å². The van der Waals surface area contributed by atoms with Crippen molar-refractivity contribution in [3.8, 4) is 0 Å². The highest BCUT2D eigenvalue weighted by Crippen LogP contribution is 2.25. The van der Waals surface area contributed by atoms with Gasteiger partial charge in [0.1, 0.15) is 11.6 Å². The molecule has 0 spiro atoms. The number of aromatic nitrogens is 3. The Labute approximate surface area is 171 Å². The zero-order chi connectivity index (χ0) is 20.4. The van der Waals surface area contributed by atoms with E-state index in [0.29, 0.717) is 34.8 Å². The molecule has 0 radical (unpaired) electrons. The van der Waals surface area contributed by atoms with Crippen LogP contribution in [0.25, 0.3) is 10.9 Å². The van der Waals surface area contributed by atoms with Crippen molar-refractivity contribution in [1.29, 1.82) is 0 Å². The topological polar surface area (TPSA) is 60.9 Å². The molecule has 0 saturated carbocycles. The predicted octanol–water partition coefficient (Wildman–Crippen LogP) is 4.68. The Hall–Kier alpha value is -2.93. The molecule has 0 unspecified atom stereocenters. The van der Waals surface area contributed by atoms with E-state index >= 15 is 0 Å². The molecular weight excluding hydrogens is 389 g/mol. The summed E-state index contributed by atoms with van der Waals surface area (Å²) in [6.45, 7) is 4.25. The third-order valence-corrected chi connectivity index (χ3v) is 5.89. The second-order valence-electron chi connectivity index (χ2n) is 6.84. The lowest BCUT2D eigenvalue weighted by Gasteiger charge is -2.13. The summed E-state index contributed by atoms with van der Waals surface area (Å²) in [5.41, 5.74) is 3.43. The Kier molecular flexibility index (Phi) is 5.49. The van der Waals surface area contributed by atoms with Gasteiger partial charge in [-0.3, -0.25) is 9.36 Å². The fourth-order valence-electron chi connectivity index (χ4n) is 3.19. The minimum absolute atomic E-state index is 0.0704. The number of fused-ring (bicyclic) bond motifs is 1. The first-order valence-electron chi connectivity index (χ1n) is 9.31. The average Bonchev–Trinajstić information content (AvgIpc) is 3.05. The molecule has 0 bridgehead atoms. The zero-order valence-corrected chi connectivity index (χ0v) is 17.0. The van der Waals surface area contributed by atoms with E-state index in [1.54, 1.807) is 22.8 Å². The summed E-state index contributed by atoms with van der Waals surface area (Å²) >= 11 is 1.49. The van der Waals surface area contributed by atoms with Crippen LogP contribution in [-0.2, 0) is 18.7 Å². The standard InChI is InChI=1S/C22H20FN3O2S/c1-14-19(15(2)28-25-14)13-29-22-24-20-6-4-3-5-18(20)21(27)26(22)12-11-16-7-9-17(23)10-8-16/h3-10H,11-13H2,1-2H3. The van der Waals surface area contributed by atoms with Crippen LogP contribution in [0.4, 0.5) is 4.39 Å². The maximum absolute atomic E-state index is 13.2. The average molecular weight is 409 g/mol. The minimum atomic E-state index is -0.269. The van der Waals surface area contributed by atoms with Gasteiger partial charge in [0.2, 0.25) is 0 Å². The van der Waals surface area contributed by atoms with Crippen molar-refractivity contribution in [2.24, 2.45) is 0 Å². The molecular formula is C22H20FN3O2S. The number of para-hydroxylation sites is 1. The Morgan fingerprint density at radius 3 is 2.59 bits per heavy atom. The van der Waals surface area contributed by atoms with Crippen LogP contribution in [-0.4, -0.2) is 14.7 Å². The smallest absolute Gasteiger partial charge is 0.262 e. The maximum atomic E-state index is 13.2. The van der Waals surface area contributed by atoms with Crippen molar-refractivity contribution < 1.29 is 8.91 Å². The second-order valence-corrected chi connectivity index (χ2v) is 7.78. The molecule has 2 heterocycles. The highest BCUT2D eigenvalue weighted by atomic mass is 32.2. The number of nitrogens with zero attached hydrogens (tertiary/aromatic N) is 3. The fourth-order valence-corrected chi connectivity index (χ4v) is 4.37. The predicted molar refractivity (Wildman–Crippen MR) is 112 cm³/mol. The van der Waals surface area contributed by atoms with E-state index in [4.69, 9.17) is 9.51 Å². The zero-order valence-electron chi connectivity index (χ0n) is 16.2. The van der Waals surface area contributed by atoms with Crippen molar-refractivity contribution in [3.63, 3.8) is 0 Å². The first kappa shape index (κ1) is 19.4. The van der Waals surface area contributed by atoms with E-state index in [0.717, 1.165) is 22.6 Å². The van der Waals surface area contributed by atoms with Crippen molar-refractivity contribution in [2.75, 3.05) is 0 Å². The van der Waals surface area contributed by atoms with Gasteiger partial charge in [-0.05, 0) is 50.1 Å². The van der Waals surface area contributed by atoms with Gasteiger partial charge in [0, 0.05) is 17.9 Å². The van der Waals surface area contributed by atoms with E-state index in [1.165, 1.54) is 23.9 Å². The van der Waals surface area contributed by atoms with Gasteiger partial charge in [0.25, 0.3) is 5.56 Å².